The molecule has 2 aliphatic rings. The van der Waals surface area contributed by atoms with Crippen molar-refractivity contribution in [3.8, 4) is 11.3 Å². The number of hydrogen-bond donors (Lipinski definition) is 1. The Hall–Kier alpha value is -2.18. The number of amides is 1. The van der Waals surface area contributed by atoms with E-state index in [1.807, 2.05) is 29.2 Å². The number of nitrogens with zero attached hydrogens (tertiary/aromatic N) is 2. The number of carbonyl (C=O) groups is 1. The molecule has 1 amide bonds. The Morgan fingerprint density at radius 1 is 1.24 bits per heavy atom. The van der Waals surface area contributed by atoms with Gasteiger partial charge in [0.05, 0.1) is 17.9 Å². The standard InChI is InChI=1S/C19H22N2O4/c22-17-2-1-11-25-19(17)7-9-21(10-8-19)18(23)15-5-3-14(4-6-15)16-12-20-13-24-16/h3-6,12-13,17,22H,1-2,7-11H2. The molecule has 1 spiro atoms. The number of piperidine rings is 1. The van der Waals surface area contributed by atoms with Crippen LogP contribution in [0.4, 0.5) is 0 Å². The molecule has 6 heteroatoms. The van der Waals surface area contributed by atoms with Gasteiger partial charge in [0.25, 0.3) is 5.91 Å². The Morgan fingerprint density at radius 3 is 2.64 bits per heavy atom. The van der Waals surface area contributed by atoms with E-state index in [1.165, 1.54) is 6.39 Å². The minimum atomic E-state index is -0.453. The maximum absolute atomic E-state index is 12.7. The van der Waals surface area contributed by atoms with Gasteiger partial charge in [0.2, 0.25) is 0 Å². The first-order valence-electron chi connectivity index (χ1n) is 8.78. The summed E-state index contributed by atoms with van der Waals surface area (Å²) >= 11 is 0. The third-order valence-corrected chi connectivity index (χ3v) is 5.36. The number of oxazole rings is 1. The van der Waals surface area contributed by atoms with Crippen molar-refractivity contribution in [1.82, 2.24) is 9.88 Å². The highest BCUT2D eigenvalue weighted by Gasteiger charge is 2.44. The van der Waals surface area contributed by atoms with Crippen LogP contribution in [-0.2, 0) is 4.74 Å². The molecule has 0 aliphatic carbocycles. The van der Waals surface area contributed by atoms with E-state index in [0.29, 0.717) is 43.9 Å². The van der Waals surface area contributed by atoms with Gasteiger partial charge in [-0.2, -0.15) is 0 Å². The van der Waals surface area contributed by atoms with Crippen molar-refractivity contribution in [2.24, 2.45) is 0 Å². The third-order valence-electron chi connectivity index (χ3n) is 5.36. The van der Waals surface area contributed by atoms with Gasteiger partial charge in [0.15, 0.2) is 12.2 Å². The fourth-order valence-corrected chi connectivity index (χ4v) is 3.80. The van der Waals surface area contributed by atoms with E-state index in [1.54, 1.807) is 6.20 Å². The molecule has 1 atom stereocenters. The SMILES string of the molecule is O=C(c1ccc(-c2cnco2)cc1)N1CCC2(CC1)OCCCC2O. The van der Waals surface area contributed by atoms with E-state index < -0.39 is 11.7 Å². The van der Waals surface area contributed by atoms with Crippen LogP contribution in [0.3, 0.4) is 0 Å². The number of carbonyl (C=O) groups excluding carboxylic acids is 1. The first-order valence-corrected chi connectivity index (χ1v) is 8.78. The summed E-state index contributed by atoms with van der Waals surface area (Å²) in [5.41, 5.74) is 1.10. The number of benzene rings is 1. The summed E-state index contributed by atoms with van der Waals surface area (Å²) < 4.78 is 11.2. The Bertz CT molecular complexity index is 718. The largest absolute Gasteiger partial charge is 0.444 e. The van der Waals surface area contributed by atoms with Crippen molar-refractivity contribution in [1.29, 1.82) is 0 Å². The van der Waals surface area contributed by atoms with E-state index in [-0.39, 0.29) is 5.91 Å². The molecule has 0 bridgehead atoms. The number of aliphatic hydroxyl groups excluding tert-OH is 1. The minimum absolute atomic E-state index is 0.0178. The molecule has 2 aliphatic heterocycles. The predicted octanol–water partition coefficient (Wildman–Crippen LogP) is 2.49. The molecule has 2 aromatic rings. The number of hydrogen-bond acceptors (Lipinski definition) is 5. The molecule has 0 saturated carbocycles. The van der Waals surface area contributed by atoms with Crippen molar-refractivity contribution in [3.63, 3.8) is 0 Å². The van der Waals surface area contributed by atoms with Crippen molar-refractivity contribution < 1.29 is 19.1 Å². The topological polar surface area (TPSA) is 75.8 Å². The highest BCUT2D eigenvalue weighted by Crippen LogP contribution is 2.35. The molecule has 132 valence electrons. The molecule has 4 rings (SSSR count). The highest BCUT2D eigenvalue weighted by atomic mass is 16.5. The molecule has 0 radical (unpaired) electrons. The van der Waals surface area contributed by atoms with Crippen molar-refractivity contribution in [2.45, 2.75) is 37.4 Å². The second-order valence-electron chi connectivity index (χ2n) is 6.81. The van der Waals surface area contributed by atoms with E-state index in [4.69, 9.17) is 9.15 Å². The molecular formula is C19H22N2O4. The Morgan fingerprint density at radius 2 is 2.00 bits per heavy atom. The zero-order valence-electron chi connectivity index (χ0n) is 14.1. The second-order valence-corrected chi connectivity index (χ2v) is 6.81. The van der Waals surface area contributed by atoms with Crippen LogP contribution < -0.4 is 0 Å². The van der Waals surface area contributed by atoms with Crippen LogP contribution in [0.25, 0.3) is 11.3 Å². The smallest absolute Gasteiger partial charge is 0.253 e. The first-order chi connectivity index (χ1) is 12.2. The lowest BCUT2D eigenvalue weighted by Gasteiger charge is -2.46. The van der Waals surface area contributed by atoms with E-state index in [2.05, 4.69) is 4.98 Å². The van der Waals surface area contributed by atoms with Crippen molar-refractivity contribution in [2.75, 3.05) is 19.7 Å². The summed E-state index contributed by atoms with van der Waals surface area (Å²) in [5, 5.41) is 10.3. The van der Waals surface area contributed by atoms with Crippen molar-refractivity contribution >= 4 is 5.91 Å². The fraction of sp³-hybridized carbons (Fsp3) is 0.474. The maximum Gasteiger partial charge on any atom is 0.253 e. The summed E-state index contributed by atoms with van der Waals surface area (Å²) in [5.74, 6) is 0.701. The molecule has 25 heavy (non-hydrogen) atoms. The summed E-state index contributed by atoms with van der Waals surface area (Å²) in [4.78, 5) is 18.5. The molecule has 3 heterocycles. The van der Waals surface area contributed by atoms with Gasteiger partial charge in [-0.05, 0) is 37.8 Å². The number of ether oxygens (including phenoxy) is 1. The van der Waals surface area contributed by atoms with Crippen LogP contribution in [0.5, 0.6) is 0 Å². The van der Waals surface area contributed by atoms with Crippen LogP contribution >= 0.6 is 0 Å². The van der Waals surface area contributed by atoms with Crippen LogP contribution in [-0.4, -0.2) is 52.3 Å². The normalized spacial score (nSPS) is 22.9. The van der Waals surface area contributed by atoms with Gasteiger partial charge in [-0.1, -0.05) is 12.1 Å². The molecule has 2 saturated heterocycles. The Balaban J connectivity index is 1.42. The monoisotopic (exact) mass is 342 g/mol. The van der Waals surface area contributed by atoms with Gasteiger partial charge in [-0.15, -0.1) is 0 Å². The lowest BCUT2D eigenvalue weighted by atomic mass is 9.82. The van der Waals surface area contributed by atoms with Crippen LogP contribution in [0.15, 0.2) is 41.3 Å². The molecular weight excluding hydrogens is 320 g/mol. The quantitative estimate of drug-likeness (QED) is 0.907. The van der Waals surface area contributed by atoms with E-state index >= 15 is 0 Å². The fourth-order valence-electron chi connectivity index (χ4n) is 3.80. The van der Waals surface area contributed by atoms with Gasteiger partial charge in [0, 0.05) is 30.8 Å². The highest BCUT2D eigenvalue weighted by molar-refractivity contribution is 5.94. The van der Waals surface area contributed by atoms with Gasteiger partial charge in [0.1, 0.15) is 0 Å². The van der Waals surface area contributed by atoms with Gasteiger partial charge in [-0.3, -0.25) is 4.79 Å². The summed E-state index contributed by atoms with van der Waals surface area (Å²) in [6.07, 6.45) is 5.70. The molecule has 6 nitrogen and oxygen atoms in total. The second kappa shape index (κ2) is 6.61. The zero-order valence-corrected chi connectivity index (χ0v) is 14.1. The molecule has 1 unspecified atom stereocenters. The van der Waals surface area contributed by atoms with Crippen LogP contribution in [0, 0.1) is 0 Å². The van der Waals surface area contributed by atoms with Crippen LogP contribution in [0.2, 0.25) is 0 Å². The molecule has 2 fully saturated rings. The van der Waals surface area contributed by atoms with Gasteiger partial charge >= 0.3 is 0 Å². The Labute approximate surface area is 146 Å². The minimum Gasteiger partial charge on any atom is -0.444 e. The first kappa shape index (κ1) is 16.3. The van der Waals surface area contributed by atoms with Crippen molar-refractivity contribution in [3.05, 3.63) is 42.4 Å². The van der Waals surface area contributed by atoms with Gasteiger partial charge in [-0.25, -0.2) is 4.98 Å². The van der Waals surface area contributed by atoms with Crippen LogP contribution in [0.1, 0.15) is 36.0 Å². The number of aliphatic hydroxyl groups is 1. The molecule has 1 aromatic heterocycles. The predicted molar refractivity (Wildman–Crippen MR) is 91.0 cm³/mol. The lowest BCUT2D eigenvalue weighted by Crippen LogP contribution is -2.56. The van der Waals surface area contributed by atoms with E-state index in [0.717, 1.165) is 18.4 Å². The zero-order chi connectivity index (χ0) is 17.3. The van der Waals surface area contributed by atoms with E-state index in [9.17, 15) is 9.90 Å². The third kappa shape index (κ3) is 3.07. The van der Waals surface area contributed by atoms with Gasteiger partial charge < -0.3 is 19.2 Å². The molecule has 1 aromatic carbocycles. The summed E-state index contributed by atoms with van der Waals surface area (Å²) in [6.45, 7) is 1.92. The summed E-state index contributed by atoms with van der Waals surface area (Å²) in [7, 11) is 0. The average Bonchev–Trinajstić information content (AvgIpc) is 3.19. The maximum atomic E-state index is 12.7. The Kier molecular flexibility index (Phi) is 4.31. The number of aromatic nitrogens is 1. The number of rotatable bonds is 2. The molecule has 1 N–H and O–H groups in total. The lowest BCUT2D eigenvalue weighted by molar-refractivity contribution is -0.174. The number of likely N-dealkylation sites (tertiary alicyclic amines) is 1. The summed E-state index contributed by atoms with van der Waals surface area (Å²) in [6, 6.07) is 7.37. The average molecular weight is 342 g/mol.